The van der Waals surface area contributed by atoms with Crippen LogP contribution in [-0.2, 0) is 15.6 Å². The molecule has 7 heteroatoms. The molecule has 0 aliphatic heterocycles. The van der Waals surface area contributed by atoms with Gasteiger partial charge < -0.3 is 5.32 Å². The summed E-state index contributed by atoms with van der Waals surface area (Å²) < 4.78 is 22.7. The van der Waals surface area contributed by atoms with E-state index in [1.165, 1.54) is 0 Å². The number of hydrogen-bond acceptors (Lipinski definition) is 4. The summed E-state index contributed by atoms with van der Waals surface area (Å²) in [5.74, 6) is -0.260. The molecule has 0 aliphatic carbocycles. The van der Waals surface area contributed by atoms with Crippen molar-refractivity contribution in [1.82, 2.24) is 5.32 Å². The molecule has 2 aromatic rings. The fourth-order valence-electron chi connectivity index (χ4n) is 1.53. The molecular weight excluding hydrogens is 306 g/mol. The Kier molecular flexibility index (Phi) is 4.24. The van der Waals surface area contributed by atoms with Gasteiger partial charge in [-0.2, -0.15) is 0 Å². The first-order chi connectivity index (χ1) is 8.98. The normalized spacial score (nSPS) is 11.2. The second-order valence-electron chi connectivity index (χ2n) is 3.72. The van der Waals surface area contributed by atoms with Crippen LogP contribution in [0.25, 0.3) is 0 Å². The van der Waals surface area contributed by atoms with Gasteiger partial charge in [-0.1, -0.05) is 18.2 Å². The molecule has 0 unspecified atom stereocenters. The molecular formula is C12H10ClNO3S2. The van der Waals surface area contributed by atoms with Gasteiger partial charge in [0.25, 0.3) is 15.0 Å². The van der Waals surface area contributed by atoms with E-state index in [0.29, 0.717) is 11.1 Å². The predicted molar refractivity (Wildman–Crippen MR) is 75.0 cm³/mol. The fraction of sp³-hybridized carbons (Fsp3) is 0.0833. The zero-order valence-corrected chi connectivity index (χ0v) is 12.1. The molecule has 1 heterocycles. The van der Waals surface area contributed by atoms with Crippen LogP contribution < -0.4 is 5.32 Å². The number of halogens is 1. The van der Waals surface area contributed by atoms with E-state index in [9.17, 15) is 13.2 Å². The van der Waals surface area contributed by atoms with Gasteiger partial charge in [0.15, 0.2) is 0 Å². The van der Waals surface area contributed by atoms with Crippen LogP contribution in [0.2, 0.25) is 0 Å². The molecule has 1 aromatic carbocycles. The van der Waals surface area contributed by atoms with Crippen molar-refractivity contribution in [3.05, 3.63) is 52.9 Å². The Morgan fingerprint density at radius 1 is 1.21 bits per heavy atom. The number of nitrogens with one attached hydrogen (secondary N) is 1. The van der Waals surface area contributed by atoms with Crippen LogP contribution in [0.15, 0.2) is 46.0 Å². The average Bonchev–Trinajstić information content (AvgIpc) is 2.85. The third-order valence-corrected chi connectivity index (χ3v) is 5.54. The minimum atomic E-state index is -3.76. The van der Waals surface area contributed by atoms with E-state index >= 15 is 0 Å². The summed E-state index contributed by atoms with van der Waals surface area (Å²) in [6.45, 7) is 0.124. The van der Waals surface area contributed by atoms with Crippen LogP contribution in [0.4, 0.5) is 0 Å². The highest BCUT2D eigenvalue weighted by molar-refractivity contribution is 8.15. The summed E-state index contributed by atoms with van der Waals surface area (Å²) in [5, 5.41) is 4.28. The van der Waals surface area contributed by atoms with E-state index in [1.807, 2.05) is 6.07 Å². The maximum absolute atomic E-state index is 11.8. The quantitative estimate of drug-likeness (QED) is 0.882. The first-order valence-electron chi connectivity index (χ1n) is 5.33. The van der Waals surface area contributed by atoms with Crippen LogP contribution in [0.1, 0.15) is 15.9 Å². The van der Waals surface area contributed by atoms with Crippen LogP contribution >= 0.6 is 22.0 Å². The highest BCUT2D eigenvalue weighted by Crippen LogP contribution is 2.25. The maximum atomic E-state index is 11.8. The van der Waals surface area contributed by atoms with Crippen molar-refractivity contribution >= 4 is 37.0 Å². The number of thiophene rings is 1. The van der Waals surface area contributed by atoms with E-state index in [1.54, 1.807) is 35.7 Å². The smallest absolute Gasteiger partial charge is 0.271 e. The molecule has 19 heavy (non-hydrogen) atoms. The molecule has 0 saturated carbocycles. The molecule has 0 aliphatic rings. The molecule has 4 nitrogen and oxygen atoms in total. The third kappa shape index (κ3) is 3.56. The summed E-state index contributed by atoms with van der Waals surface area (Å²) in [6.07, 6.45) is 0. The van der Waals surface area contributed by atoms with Crippen molar-refractivity contribution in [2.45, 2.75) is 10.8 Å². The van der Waals surface area contributed by atoms with E-state index in [-0.39, 0.29) is 16.7 Å². The van der Waals surface area contributed by atoms with Crippen molar-refractivity contribution in [3.63, 3.8) is 0 Å². The Morgan fingerprint density at radius 3 is 2.53 bits per heavy atom. The topological polar surface area (TPSA) is 63.2 Å². The second kappa shape index (κ2) is 5.73. The van der Waals surface area contributed by atoms with Gasteiger partial charge in [-0.15, -0.1) is 11.3 Å². The molecule has 100 valence electrons. The Bertz CT molecular complexity index is 680. The van der Waals surface area contributed by atoms with Gasteiger partial charge in [0.05, 0.1) is 0 Å². The maximum Gasteiger partial charge on any atom is 0.271 e. The number of carbonyl (C=O) groups excluding carboxylic acids is 1. The fourth-order valence-corrected chi connectivity index (χ4v) is 3.89. The highest BCUT2D eigenvalue weighted by Gasteiger charge is 2.17. The monoisotopic (exact) mass is 315 g/mol. The second-order valence-corrected chi connectivity index (χ2v) is 7.40. The number of amides is 1. The van der Waals surface area contributed by atoms with Crippen LogP contribution in [0.3, 0.4) is 0 Å². The molecule has 1 amide bonds. The molecule has 0 saturated heterocycles. The number of hydrogen-bond donors (Lipinski definition) is 1. The summed E-state index contributed by atoms with van der Waals surface area (Å²) in [7, 11) is 1.54. The van der Waals surface area contributed by atoms with Gasteiger partial charge in [0.1, 0.15) is 4.21 Å². The zero-order chi connectivity index (χ0) is 13.9. The Labute approximate surface area is 119 Å². The third-order valence-electron chi connectivity index (χ3n) is 2.40. The molecule has 1 aromatic heterocycles. The standard InChI is InChI=1S/C12H10ClNO3S2/c13-19(16,17)12-10(6-7-18-12)8-14-11(15)9-4-2-1-3-5-9/h1-7H,8H2,(H,14,15). The Balaban J connectivity index is 2.08. The van der Waals surface area contributed by atoms with E-state index in [4.69, 9.17) is 10.7 Å². The molecule has 0 radical (unpaired) electrons. The van der Waals surface area contributed by atoms with E-state index < -0.39 is 9.05 Å². The van der Waals surface area contributed by atoms with E-state index in [0.717, 1.165) is 11.3 Å². The van der Waals surface area contributed by atoms with Gasteiger partial charge in [0.2, 0.25) is 0 Å². The zero-order valence-electron chi connectivity index (χ0n) is 9.67. The lowest BCUT2D eigenvalue weighted by Gasteiger charge is -2.05. The minimum Gasteiger partial charge on any atom is -0.348 e. The molecule has 0 bridgehead atoms. The van der Waals surface area contributed by atoms with Gasteiger partial charge in [-0.3, -0.25) is 4.79 Å². The predicted octanol–water partition coefficient (Wildman–Crippen LogP) is 2.61. The van der Waals surface area contributed by atoms with Crippen molar-refractivity contribution < 1.29 is 13.2 Å². The molecule has 1 N–H and O–H groups in total. The Morgan fingerprint density at radius 2 is 1.89 bits per heavy atom. The minimum absolute atomic E-state index is 0.0718. The van der Waals surface area contributed by atoms with Gasteiger partial charge in [-0.05, 0) is 23.6 Å². The van der Waals surface area contributed by atoms with Crippen molar-refractivity contribution in [2.75, 3.05) is 0 Å². The van der Waals surface area contributed by atoms with Gasteiger partial charge in [-0.25, -0.2) is 8.42 Å². The van der Waals surface area contributed by atoms with E-state index in [2.05, 4.69) is 5.32 Å². The summed E-state index contributed by atoms with van der Waals surface area (Å²) in [5.41, 5.74) is 1.01. The Hall–Kier alpha value is -1.37. The number of benzene rings is 1. The van der Waals surface area contributed by atoms with Crippen LogP contribution in [-0.4, -0.2) is 14.3 Å². The molecule has 2 rings (SSSR count). The summed E-state index contributed by atoms with van der Waals surface area (Å²) in [6, 6.07) is 10.3. The highest BCUT2D eigenvalue weighted by atomic mass is 35.7. The lowest BCUT2D eigenvalue weighted by molar-refractivity contribution is 0.0950. The lowest BCUT2D eigenvalue weighted by atomic mass is 10.2. The lowest BCUT2D eigenvalue weighted by Crippen LogP contribution is -2.23. The van der Waals surface area contributed by atoms with Crippen LogP contribution in [0, 0.1) is 0 Å². The largest absolute Gasteiger partial charge is 0.348 e. The van der Waals surface area contributed by atoms with Crippen molar-refractivity contribution in [3.8, 4) is 0 Å². The number of carbonyl (C=O) groups is 1. The first-order valence-corrected chi connectivity index (χ1v) is 8.51. The summed E-state index contributed by atoms with van der Waals surface area (Å²) >= 11 is 1.03. The van der Waals surface area contributed by atoms with Crippen molar-refractivity contribution in [1.29, 1.82) is 0 Å². The average molecular weight is 316 g/mol. The number of rotatable bonds is 4. The van der Waals surface area contributed by atoms with Crippen LogP contribution in [0.5, 0.6) is 0 Å². The first kappa shape index (κ1) is 14.0. The van der Waals surface area contributed by atoms with Crippen molar-refractivity contribution in [2.24, 2.45) is 0 Å². The SMILES string of the molecule is O=C(NCc1ccsc1S(=O)(=O)Cl)c1ccccc1. The molecule has 0 atom stereocenters. The molecule has 0 spiro atoms. The van der Waals surface area contributed by atoms with Gasteiger partial charge >= 0.3 is 0 Å². The van der Waals surface area contributed by atoms with Gasteiger partial charge in [0, 0.05) is 28.4 Å². The molecule has 0 fully saturated rings. The summed E-state index contributed by atoms with van der Waals surface area (Å²) in [4.78, 5) is 11.8.